The molecule has 0 aliphatic carbocycles. The molecule has 0 radical (unpaired) electrons. The molecule has 2 aromatic carbocycles. The molecule has 1 saturated heterocycles. The van der Waals surface area contributed by atoms with Crippen LogP contribution in [0.2, 0.25) is 0 Å². The molecule has 1 amide bonds. The molecule has 1 aliphatic rings. The van der Waals surface area contributed by atoms with Crippen LogP contribution >= 0.6 is 0 Å². The quantitative estimate of drug-likeness (QED) is 0.668. The standard InChI is InChI=1S/C16H15NO4/c1-20-11-7-8-13(18)12(9-11)17-16(19)15-14(21-15)10-5-3-2-4-6-10/h2-9,14-15,18H,1H3,(H,17,19)/t14-,15+/m0/s1. The number of rotatable bonds is 4. The van der Waals surface area contributed by atoms with Gasteiger partial charge in [-0.05, 0) is 17.7 Å². The lowest BCUT2D eigenvalue weighted by Gasteiger charge is -2.08. The molecule has 5 nitrogen and oxygen atoms in total. The highest BCUT2D eigenvalue weighted by atomic mass is 16.6. The number of hydrogen-bond acceptors (Lipinski definition) is 4. The summed E-state index contributed by atoms with van der Waals surface area (Å²) in [5.41, 5.74) is 1.27. The summed E-state index contributed by atoms with van der Waals surface area (Å²) in [4.78, 5) is 12.1. The zero-order chi connectivity index (χ0) is 14.8. The Bertz CT molecular complexity index is 657. The van der Waals surface area contributed by atoms with Crippen LogP contribution in [0.15, 0.2) is 48.5 Å². The van der Waals surface area contributed by atoms with Gasteiger partial charge in [-0.1, -0.05) is 30.3 Å². The predicted molar refractivity (Wildman–Crippen MR) is 77.3 cm³/mol. The first-order valence-electron chi connectivity index (χ1n) is 6.57. The molecule has 0 aromatic heterocycles. The van der Waals surface area contributed by atoms with Gasteiger partial charge in [0.1, 0.15) is 17.6 Å². The van der Waals surface area contributed by atoms with E-state index in [-0.39, 0.29) is 17.8 Å². The first-order chi connectivity index (χ1) is 10.2. The Morgan fingerprint density at radius 3 is 2.71 bits per heavy atom. The average Bonchev–Trinajstić information content (AvgIpc) is 3.31. The van der Waals surface area contributed by atoms with Crippen molar-refractivity contribution in [2.24, 2.45) is 0 Å². The highest BCUT2D eigenvalue weighted by Crippen LogP contribution is 2.39. The number of benzene rings is 2. The van der Waals surface area contributed by atoms with Crippen LogP contribution in [0.4, 0.5) is 5.69 Å². The number of phenols is 1. The first kappa shape index (κ1) is 13.5. The molecule has 5 heteroatoms. The lowest BCUT2D eigenvalue weighted by atomic mass is 10.1. The summed E-state index contributed by atoms with van der Waals surface area (Å²) >= 11 is 0. The zero-order valence-electron chi connectivity index (χ0n) is 11.4. The number of carbonyl (C=O) groups is 1. The number of aromatic hydroxyl groups is 1. The molecule has 0 saturated carbocycles. The van der Waals surface area contributed by atoms with Crippen molar-refractivity contribution < 1.29 is 19.4 Å². The molecule has 21 heavy (non-hydrogen) atoms. The number of ether oxygens (including phenoxy) is 2. The molecule has 2 atom stereocenters. The van der Waals surface area contributed by atoms with Gasteiger partial charge in [-0.15, -0.1) is 0 Å². The smallest absolute Gasteiger partial charge is 0.256 e. The zero-order valence-corrected chi connectivity index (χ0v) is 11.4. The van der Waals surface area contributed by atoms with Crippen LogP contribution in [0.25, 0.3) is 0 Å². The van der Waals surface area contributed by atoms with E-state index in [1.54, 1.807) is 12.1 Å². The third kappa shape index (κ3) is 2.83. The van der Waals surface area contributed by atoms with Crippen molar-refractivity contribution in [1.29, 1.82) is 0 Å². The topological polar surface area (TPSA) is 71.1 Å². The van der Waals surface area contributed by atoms with E-state index in [1.165, 1.54) is 13.2 Å². The van der Waals surface area contributed by atoms with Crippen molar-refractivity contribution in [3.05, 3.63) is 54.1 Å². The van der Waals surface area contributed by atoms with Crippen molar-refractivity contribution in [2.45, 2.75) is 12.2 Å². The summed E-state index contributed by atoms with van der Waals surface area (Å²) in [6.45, 7) is 0. The van der Waals surface area contributed by atoms with Crippen molar-refractivity contribution in [2.75, 3.05) is 12.4 Å². The van der Waals surface area contributed by atoms with Gasteiger partial charge < -0.3 is 19.9 Å². The van der Waals surface area contributed by atoms with Gasteiger partial charge in [-0.25, -0.2) is 0 Å². The fourth-order valence-electron chi connectivity index (χ4n) is 2.15. The van der Waals surface area contributed by atoms with Crippen molar-refractivity contribution in [3.8, 4) is 11.5 Å². The Balaban J connectivity index is 1.68. The second-order valence-corrected chi connectivity index (χ2v) is 4.76. The van der Waals surface area contributed by atoms with Crippen LogP contribution < -0.4 is 10.1 Å². The largest absolute Gasteiger partial charge is 0.506 e. The third-order valence-corrected chi connectivity index (χ3v) is 3.34. The summed E-state index contributed by atoms with van der Waals surface area (Å²) < 4.78 is 10.5. The van der Waals surface area contributed by atoms with E-state index in [0.29, 0.717) is 11.4 Å². The van der Waals surface area contributed by atoms with Gasteiger partial charge in [0.2, 0.25) is 0 Å². The number of methoxy groups -OCH3 is 1. The predicted octanol–water partition coefficient (Wildman–Crippen LogP) is 2.48. The van der Waals surface area contributed by atoms with E-state index < -0.39 is 6.10 Å². The summed E-state index contributed by atoms with van der Waals surface area (Å²) in [7, 11) is 1.52. The normalized spacial score (nSPS) is 19.9. The van der Waals surface area contributed by atoms with Gasteiger partial charge in [0, 0.05) is 6.07 Å². The molecule has 1 heterocycles. The average molecular weight is 285 g/mol. The van der Waals surface area contributed by atoms with Crippen LogP contribution in [0.5, 0.6) is 11.5 Å². The monoisotopic (exact) mass is 285 g/mol. The molecule has 1 aliphatic heterocycles. The van der Waals surface area contributed by atoms with Crippen molar-refractivity contribution in [1.82, 2.24) is 0 Å². The van der Waals surface area contributed by atoms with E-state index in [4.69, 9.17) is 9.47 Å². The van der Waals surface area contributed by atoms with E-state index in [0.717, 1.165) is 5.56 Å². The van der Waals surface area contributed by atoms with Gasteiger partial charge in [0.25, 0.3) is 5.91 Å². The Hall–Kier alpha value is -2.53. The number of epoxide rings is 1. The molecule has 3 rings (SSSR count). The summed E-state index contributed by atoms with van der Waals surface area (Å²) in [5.74, 6) is 0.257. The number of amides is 1. The van der Waals surface area contributed by atoms with E-state index >= 15 is 0 Å². The van der Waals surface area contributed by atoms with Crippen LogP contribution in [0, 0.1) is 0 Å². The van der Waals surface area contributed by atoms with Gasteiger partial charge in [0.05, 0.1) is 12.8 Å². The molecule has 2 N–H and O–H groups in total. The Kier molecular flexibility index (Phi) is 3.50. The van der Waals surface area contributed by atoms with Crippen molar-refractivity contribution >= 4 is 11.6 Å². The number of carbonyl (C=O) groups excluding carboxylic acids is 1. The maximum Gasteiger partial charge on any atom is 0.256 e. The summed E-state index contributed by atoms with van der Waals surface area (Å²) in [6, 6.07) is 14.2. The molecule has 1 fully saturated rings. The van der Waals surface area contributed by atoms with E-state index in [2.05, 4.69) is 5.32 Å². The van der Waals surface area contributed by atoms with Crippen LogP contribution in [-0.2, 0) is 9.53 Å². The SMILES string of the molecule is COc1ccc(O)c(NC(=O)[C@@H]2O[C@H]2c2ccccc2)c1. The number of phenolic OH excluding ortho intramolecular Hbond substituents is 1. The minimum Gasteiger partial charge on any atom is -0.506 e. The number of anilines is 1. The first-order valence-corrected chi connectivity index (χ1v) is 6.57. The number of hydrogen-bond donors (Lipinski definition) is 2. The molecule has 0 unspecified atom stereocenters. The second-order valence-electron chi connectivity index (χ2n) is 4.76. The Labute approximate surface area is 122 Å². The molecule has 2 aromatic rings. The molecule has 108 valence electrons. The maximum atomic E-state index is 12.1. The third-order valence-electron chi connectivity index (χ3n) is 3.34. The van der Waals surface area contributed by atoms with Gasteiger partial charge in [-0.3, -0.25) is 4.79 Å². The Morgan fingerprint density at radius 2 is 2.00 bits per heavy atom. The summed E-state index contributed by atoms with van der Waals surface area (Å²) in [6.07, 6.45) is -0.753. The minimum absolute atomic E-state index is 0.0129. The highest BCUT2D eigenvalue weighted by Gasteiger charge is 2.46. The number of nitrogens with one attached hydrogen (secondary N) is 1. The molecular weight excluding hydrogens is 270 g/mol. The second kappa shape index (κ2) is 5.46. The highest BCUT2D eigenvalue weighted by molar-refractivity contribution is 5.97. The summed E-state index contributed by atoms with van der Waals surface area (Å²) in [5, 5.41) is 12.4. The van der Waals surface area contributed by atoms with Crippen LogP contribution in [0.3, 0.4) is 0 Å². The lowest BCUT2D eigenvalue weighted by molar-refractivity contribution is -0.117. The fourth-order valence-corrected chi connectivity index (χ4v) is 2.15. The molecule has 0 spiro atoms. The van der Waals surface area contributed by atoms with Crippen molar-refractivity contribution in [3.63, 3.8) is 0 Å². The van der Waals surface area contributed by atoms with Crippen LogP contribution in [0.1, 0.15) is 11.7 Å². The lowest BCUT2D eigenvalue weighted by Crippen LogP contribution is -2.18. The minimum atomic E-state index is -0.530. The Morgan fingerprint density at radius 1 is 1.24 bits per heavy atom. The van der Waals surface area contributed by atoms with Crippen LogP contribution in [-0.4, -0.2) is 24.2 Å². The van der Waals surface area contributed by atoms with E-state index in [1.807, 2.05) is 30.3 Å². The van der Waals surface area contributed by atoms with E-state index in [9.17, 15) is 9.90 Å². The van der Waals surface area contributed by atoms with Gasteiger partial charge >= 0.3 is 0 Å². The van der Waals surface area contributed by atoms with Gasteiger partial charge in [-0.2, -0.15) is 0 Å². The van der Waals surface area contributed by atoms with Gasteiger partial charge in [0.15, 0.2) is 6.10 Å². The fraction of sp³-hybridized carbons (Fsp3) is 0.188. The molecule has 0 bridgehead atoms. The molecular formula is C16H15NO4. The maximum absolute atomic E-state index is 12.1.